The quantitative estimate of drug-likeness (QED) is 0.684. The Balaban J connectivity index is 2.06. The van der Waals surface area contributed by atoms with Crippen molar-refractivity contribution in [3.05, 3.63) is 38.9 Å². The van der Waals surface area contributed by atoms with Gasteiger partial charge in [-0.25, -0.2) is 0 Å². The molecule has 0 radical (unpaired) electrons. The normalized spacial score (nSPS) is 21.7. The van der Waals surface area contributed by atoms with Gasteiger partial charge in [0.05, 0.1) is 10.5 Å². The molecule has 1 fully saturated rings. The Morgan fingerprint density at radius 2 is 2.35 bits per heavy atom. The smallest absolute Gasteiger partial charge is 0.288 e. The molecule has 1 heterocycles. The Kier molecular flexibility index (Phi) is 4.25. The van der Waals surface area contributed by atoms with Gasteiger partial charge >= 0.3 is 0 Å². The summed E-state index contributed by atoms with van der Waals surface area (Å²) < 4.78 is 5.56. The number of hydrogen-bond acceptors (Lipinski definition) is 4. The van der Waals surface area contributed by atoms with E-state index in [9.17, 15) is 14.9 Å². The fourth-order valence-electron chi connectivity index (χ4n) is 2.14. The Morgan fingerprint density at radius 1 is 1.60 bits per heavy atom. The van der Waals surface area contributed by atoms with Crippen molar-refractivity contribution >= 4 is 23.2 Å². The van der Waals surface area contributed by atoms with Crippen molar-refractivity contribution in [3.63, 3.8) is 0 Å². The summed E-state index contributed by atoms with van der Waals surface area (Å²) in [5.74, 6) is -0.374. The maximum absolute atomic E-state index is 12.0. The molecule has 6 nitrogen and oxygen atoms in total. The van der Waals surface area contributed by atoms with Crippen LogP contribution in [0.5, 0.6) is 0 Å². The van der Waals surface area contributed by atoms with Gasteiger partial charge in [-0.1, -0.05) is 11.6 Å². The molecule has 1 amide bonds. The highest BCUT2D eigenvalue weighted by Gasteiger charge is 2.30. The molecule has 0 aliphatic carbocycles. The van der Waals surface area contributed by atoms with Crippen LogP contribution in [0.4, 0.5) is 5.69 Å². The molecule has 1 aromatic rings. The Bertz CT molecular complexity index is 541. The number of halogens is 1. The average Bonchev–Trinajstić information content (AvgIpc) is 2.84. The number of carbonyl (C=O) groups excluding carboxylic acids is 1. The minimum Gasteiger partial charge on any atom is -0.373 e. The van der Waals surface area contributed by atoms with Crippen LogP contribution < -0.4 is 5.32 Å². The molecular formula is C13H15ClN2O4. The van der Waals surface area contributed by atoms with E-state index < -0.39 is 4.92 Å². The van der Waals surface area contributed by atoms with Gasteiger partial charge in [-0.05, 0) is 31.9 Å². The molecular weight excluding hydrogens is 284 g/mol. The Labute approximate surface area is 121 Å². The summed E-state index contributed by atoms with van der Waals surface area (Å²) >= 11 is 5.71. The minimum absolute atomic E-state index is 0.0117. The SMILES string of the molecule is CC1(CNC(=O)c2ccc(Cl)c([N+](=O)[O-])c2)CCCO1. The van der Waals surface area contributed by atoms with Gasteiger partial charge in [0, 0.05) is 24.8 Å². The summed E-state index contributed by atoms with van der Waals surface area (Å²) in [4.78, 5) is 22.2. The van der Waals surface area contributed by atoms with Crippen LogP contribution in [-0.4, -0.2) is 29.6 Å². The first kappa shape index (κ1) is 14.7. The zero-order chi connectivity index (χ0) is 14.8. The number of benzene rings is 1. The summed E-state index contributed by atoms with van der Waals surface area (Å²) in [6.45, 7) is 3.01. The minimum atomic E-state index is -0.611. The molecule has 0 bridgehead atoms. The molecule has 0 spiro atoms. The summed E-state index contributed by atoms with van der Waals surface area (Å²) in [6, 6.07) is 3.99. The van der Waals surface area contributed by atoms with Crippen LogP contribution in [0, 0.1) is 10.1 Å². The average molecular weight is 299 g/mol. The van der Waals surface area contributed by atoms with Gasteiger partial charge in [-0.2, -0.15) is 0 Å². The summed E-state index contributed by atoms with van der Waals surface area (Å²) in [5, 5.41) is 13.5. The number of nitro benzene ring substituents is 1. The van der Waals surface area contributed by atoms with E-state index in [4.69, 9.17) is 16.3 Å². The lowest BCUT2D eigenvalue weighted by Crippen LogP contribution is -2.40. The predicted octanol–water partition coefficient (Wildman–Crippen LogP) is 2.55. The van der Waals surface area contributed by atoms with E-state index in [2.05, 4.69) is 5.32 Å². The molecule has 7 heteroatoms. The number of amides is 1. The molecule has 1 N–H and O–H groups in total. The van der Waals surface area contributed by atoms with E-state index in [1.165, 1.54) is 18.2 Å². The van der Waals surface area contributed by atoms with Crippen molar-refractivity contribution in [3.8, 4) is 0 Å². The van der Waals surface area contributed by atoms with Gasteiger partial charge in [0.15, 0.2) is 0 Å². The largest absolute Gasteiger partial charge is 0.373 e. The maximum atomic E-state index is 12.0. The number of nitro groups is 1. The highest BCUT2D eigenvalue weighted by Crippen LogP contribution is 2.26. The number of carbonyl (C=O) groups is 1. The van der Waals surface area contributed by atoms with Gasteiger partial charge in [-0.15, -0.1) is 0 Å². The molecule has 2 rings (SSSR count). The third-order valence-corrected chi connectivity index (χ3v) is 3.65. The van der Waals surface area contributed by atoms with Crippen molar-refractivity contribution in [2.45, 2.75) is 25.4 Å². The molecule has 108 valence electrons. The molecule has 1 aliphatic heterocycles. The lowest BCUT2D eigenvalue weighted by molar-refractivity contribution is -0.384. The lowest BCUT2D eigenvalue weighted by atomic mass is 10.0. The van der Waals surface area contributed by atoms with Crippen LogP contribution >= 0.6 is 11.6 Å². The van der Waals surface area contributed by atoms with E-state index in [-0.39, 0.29) is 27.8 Å². The van der Waals surface area contributed by atoms with Crippen LogP contribution in [0.1, 0.15) is 30.1 Å². The fourth-order valence-corrected chi connectivity index (χ4v) is 2.33. The van der Waals surface area contributed by atoms with Crippen molar-refractivity contribution in [2.75, 3.05) is 13.2 Å². The van der Waals surface area contributed by atoms with Gasteiger partial charge < -0.3 is 10.1 Å². The second kappa shape index (κ2) is 5.76. The van der Waals surface area contributed by atoms with Crippen molar-refractivity contribution in [2.24, 2.45) is 0 Å². The van der Waals surface area contributed by atoms with Gasteiger partial charge in [0.25, 0.3) is 11.6 Å². The van der Waals surface area contributed by atoms with E-state index >= 15 is 0 Å². The van der Waals surface area contributed by atoms with Crippen LogP contribution in [0.15, 0.2) is 18.2 Å². The standard InChI is InChI=1S/C13H15ClN2O4/c1-13(5-2-6-20-13)8-15-12(17)9-3-4-10(14)11(7-9)16(18)19/h3-4,7H,2,5-6,8H2,1H3,(H,15,17). The van der Waals surface area contributed by atoms with E-state index in [1.807, 2.05) is 6.92 Å². The van der Waals surface area contributed by atoms with Gasteiger partial charge in [0.1, 0.15) is 5.02 Å². The van der Waals surface area contributed by atoms with E-state index in [0.717, 1.165) is 12.8 Å². The fraction of sp³-hybridized carbons (Fsp3) is 0.462. The molecule has 1 saturated heterocycles. The van der Waals surface area contributed by atoms with Crippen LogP contribution in [0.2, 0.25) is 5.02 Å². The zero-order valence-corrected chi connectivity index (χ0v) is 11.8. The third-order valence-electron chi connectivity index (χ3n) is 3.33. The zero-order valence-electron chi connectivity index (χ0n) is 11.0. The highest BCUT2D eigenvalue weighted by molar-refractivity contribution is 6.32. The number of rotatable bonds is 4. The maximum Gasteiger partial charge on any atom is 0.288 e. The van der Waals surface area contributed by atoms with E-state index in [1.54, 1.807) is 0 Å². The van der Waals surface area contributed by atoms with Crippen LogP contribution in [-0.2, 0) is 4.74 Å². The van der Waals surface area contributed by atoms with E-state index in [0.29, 0.717) is 13.2 Å². The van der Waals surface area contributed by atoms with Gasteiger partial charge in [-0.3, -0.25) is 14.9 Å². The number of nitrogens with one attached hydrogen (secondary N) is 1. The Morgan fingerprint density at radius 3 is 2.95 bits per heavy atom. The monoisotopic (exact) mass is 298 g/mol. The molecule has 0 saturated carbocycles. The molecule has 1 aliphatic rings. The summed E-state index contributed by atoms with van der Waals surface area (Å²) in [5.41, 5.74) is -0.418. The van der Waals surface area contributed by atoms with Crippen LogP contribution in [0.25, 0.3) is 0 Å². The van der Waals surface area contributed by atoms with Crippen molar-refractivity contribution < 1.29 is 14.5 Å². The second-order valence-corrected chi connectivity index (χ2v) is 5.42. The molecule has 1 atom stereocenters. The van der Waals surface area contributed by atoms with Crippen LogP contribution in [0.3, 0.4) is 0 Å². The third kappa shape index (κ3) is 3.26. The topological polar surface area (TPSA) is 81.5 Å². The highest BCUT2D eigenvalue weighted by atomic mass is 35.5. The molecule has 20 heavy (non-hydrogen) atoms. The first-order valence-electron chi connectivity index (χ1n) is 6.27. The van der Waals surface area contributed by atoms with Crippen molar-refractivity contribution in [1.82, 2.24) is 5.32 Å². The summed E-state index contributed by atoms with van der Waals surface area (Å²) in [6.07, 6.45) is 1.85. The Hall–Kier alpha value is -1.66. The number of ether oxygens (including phenoxy) is 1. The summed E-state index contributed by atoms with van der Waals surface area (Å²) in [7, 11) is 0. The lowest BCUT2D eigenvalue weighted by Gasteiger charge is -2.23. The first-order valence-corrected chi connectivity index (χ1v) is 6.65. The number of hydrogen-bond donors (Lipinski definition) is 1. The van der Waals surface area contributed by atoms with Gasteiger partial charge in [0.2, 0.25) is 0 Å². The molecule has 1 unspecified atom stereocenters. The first-order chi connectivity index (χ1) is 9.41. The van der Waals surface area contributed by atoms with Crippen molar-refractivity contribution in [1.29, 1.82) is 0 Å². The predicted molar refractivity (Wildman–Crippen MR) is 74.0 cm³/mol. The molecule has 1 aromatic carbocycles. The number of nitrogens with zero attached hydrogens (tertiary/aromatic N) is 1. The second-order valence-electron chi connectivity index (χ2n) is 5.01. The molecule has 0 aromatic heterocycles.